The molecule has 0 radical (unpaired) electrons. The van der Waals surface area contributed by atoms with Gasteiger partial charge in [0.2, 0.25) is 0 Å². The molecule has 100 valence electrons. The van der Waals surface area contributed by atoms with E-state index in [1.807, 2.05) is 0 Å². The lowest BCUT2D eigenvalue weighted by Gasteiger charge is -2.23. The summed E-state index contributed by atoms with van der Waals surface area (Å²) in [6, 6.07) is 8.72. The van der Waals surface area contributed by atoms with E-state index in [1.165, 1.54) is 48.7 Å². The Morgan fingerprint density at radius 2 is 2.11 bits per heavy atom. The summed E-state index contributed by atoms with van der Waals surface area (Å²) in [5.41, 5.74) is 8.55. The van der Waals surface area contributed by atoms with Crippen molar-refractivity contribution in [1.82, 2.24) is 4.57 Å². The topological polar surface area (TPSA) is 30.9 Å². The minimum absolute atomic E-state index is 0.637. The second-order valence-electron chi connectivity index (χ2n) is 6.46. The molecule has 0 saturated heterocycles. The van der Waals surface area contributed by atoms with E-state index in [4.69, 9.17) is 5.73 Å². The molecule has 0 spiro atoms. The van der Waals surface area contributed by atoms with Crippen LogP contribution in [0.4, 0.5) is 0 Å². The monoisotopic (exact) mass is 254 g/mol. The van der Waals surface area contributed by atoms with Crippen LogP contribution in [0.25, 0.3) is 10.9 Å². The summed E-state index contributed by atoms with van der Waals surface area (Å²) in [4.78, 5) is 0. The highest BCUT2D eigenvalue weighted by Crippen LogP contribution is 2.49. The Hall–Kier alpha value is -1.28. The maximum absolute atomic E-state index is 5.90. The highest BCUT2D eigenvalue weighted by Gasteiger charge is 2.39. The number of para-hydroxylation sites is 1. The van der Waals surface area contributed by atoms with E-state index in [0.29, 0.717) is 6.54 Å². The number of fused-ring (bicyclic) bond motifs is 3. The summed E-state index contributed by atoms with van der Waals surface area (Å²) in [6.45, 7) is 1.83. The van der Waals surface area contributed by atoms with Crippen LogP contribution in [0.3, 0.4) is 0 Å². The van der Waals surface area contributed by atoms with Crippen LogP contribution in [0, 0.1) is 17.8 Å². The van der Waals surface area contributed by atoms with Gasteiger partial charge in [0, 0.05) is 19.3 Å². The first-order valence-electron chi connectivity index (χ1n) is 7.62. The van der Waals surface area contributed by atoms with Crippen molar-refractivity contribution in [3.63, 3.8) is 0 Å². The number of hydrogen-bond acceptors (Lipinski definition) is 1. The zero-order valence-electron chi connectivity index (χ0n) is 11.4. The fourth-order valence-corrected chi connectivity index (χ4v) is 4.51. The molecule has 2 saturated carbocycles. The van der Waals surface area contributed by atoms with Crippen molar-refractivity contribution in [3.8, 4) is 0 Å². The minimum Gasteiger partial charge on any atom is -0.347 e. The van der Waals surface area contributed by atoms with Crippen LogP contribution >= 0.6 is 0 Å². The molecule has 2 heteroatoms. The molecule has 2 N–H and O–H groups in total. The van der Waals surface area contributed by atoms with Gasteiger partial charge in [-0.25, -0.2) is 0 Å². The standard InChI is InChI=1S/C17H22N2/c18-10-15-3-1-2-13-6-7-19(17(13)15)11-16-9-12-4-5-14(16)8-12/h1-3,6-7,12,14,16H,4-5,8-11,18H2. The van der Waals surface area contributed by atoms with E-state index < -0.39 is 0 Å². The van der Waals surface area contributed by atoms with E-state index in [9.17, 15) is 0 Å². The van der Waals surface area contributed by atoms with Gasteiger partial charge in [0.15, 0.2) is 0 Å². The Labute approximate surface area is 114 Å². The Balaban J connectivity index is 1.68. The zero-order valence-corrected chi connectivity index (χ0v) is 11.4. The first-order valence-corrected chi connectivity index (χ1v) is 7.62. The molecule has 3 atom stereocenters. The number of hydrogen-bond donors (Lipinski definition) is 1. The summed E-state index contributed by atoms with van der Waals surface area (Å²) in [5, 5.41) is 1.34. The van der Waals surface area contributed by atoms with Crippen LogP contribution in [-0.4, -0.2) is 4.57 Å². The molecule has 3 unspecified atom stereocenters. The van der Waals surface area contributed by atoms with Gasteiger partial charge < -0.3 is 10.3 Å². The summed E-state index contributed by atoms with van der Waals surface area (Å²) in [7, 11) is 0. The van der Waals surface area contributed by atoms with Gasteiger partial charge in [0.05, 0.1) is 5.52 Å². The third kappa shape index (κ3) is 1.81. The Morgan fingerprint density at radius 1 is 1.16 bits per heavy atom. The predicted molar refractivity (Wildman–Crippen MR) is 78.8 cm³/mol. The van der Waals surface area contributed by atoms with E-state index in [2.05, 4.69) is 35.0 Å². The lowest BCUT2D eigenvalue weighted by Crippen LogP contribution is -2.17. The van der Waals surface area contributed by atoms with Crippen molar-refractivity contribution in [3.05, 3.63) is 36.0 Å². The van der Waals surface area contributed by atoms with Crippen LogP contribution in [0.2, 0.25) is 0 Å². The Kier molecular flexibility index (Phi) is 2.66. The number of nitrogens with zero attached hydrogens (tertiary/aromatic N) is 1. The zero-order chi connectivity index (χ0) is 12.8. The molecule has 1 aromatic carbocycles. The second-order valence-corrected chi connectivity index (χ2v) is 6.46. The molecule has 2 aliphatic rings. The molecule has 0 aliphatic heterocycles. The SMILES string of the molecule is NCc1cccc2ccn(CC3CC4CCC3C4)c12. The average Bonchev–Trinajstić information content (AvgIpc) is 3.14. The van der Waals surface area contributed by atoms with Crippen molar-refractivity contribution in [2.75, 3.05) is 0 Å². The Bertz CT molecular complexity index is 598. The van der Waals surface area contributed by atoms with E-state index in [0.717, 1.165) is 17.8 Å². The van der Waals surface area contributed by atoms with Crippen molar-refractivity contribution >= 4 is 10.9 Å². The second kappa shape index (κ2) is 4.38. The largest absolute Gasteiger partial charge is 0.347 e. The summed E-state index contributed by atoms with van der Waals surface area (Å²) < 4.78 is 2.46. The molecular formula is C17H22N2. The minimum atomic E-state index is 0.637. The third-order valence-corrected chi connectivity index (χ3v) is 5.41. The van der Waals surface area contributed by atoms with Crippen molar-refractivity contribution in [2.45, 2.75) is 38.8 Å². The molecule has 2 nitrogen and oxygen atoms in total. The van der Waals surface area contributed by atoms with Gasteiger partial charge in [-0.15, -0.1) is 0 Å². The molecule has 2 aliphatic carbocycles. The van der Waals surface area contributed by atoms with Crippen molar-refractivity contribution in [2.24, 2.45) is 23.5 Å². The van der Waals surface area contributed by atoms with Crippen molar-refractivity contribution in [1.29, 1.82) is 0 Å². The fourth-order valence-electron chi connectivity index (χ4n) is 4.51. The first-order chi connectivity index (χ1) is 9.35. The summed E-state index contributed by atoms with van der Waals surface area (Å²) in [6.07, 6.45) is 8.17. The first kappa shape index (κ1) is 11.5. The number of aromatic nitrogens is 1. The Morgan fingerprint density at radius 3 is 2.84 bits per heavy atom. The van der Waals surface area contributed by atoms with Gasteiger partial charge in [0.25, 0.3) is 0 Å². The van der Waals surface area contributed by atoms with Crippen LogP contribution in [-0.2, 0) is 13.1 Å². The highest BCUT2D eigenvalue weighted by atomic mass is 15.0. The van der Waals surface area contributed by atoms with Crippen molar-refractivity contribution < 1.29 is 0 Å². The van der Waals surface area contributed by atoms with E-state index in [-0.39, 0.29) is 0 Å². The van der Waals surface area contributed by atoms with Gasteiger partial charge in [-0.1, -0.05) is 24.6 Å². The van der Waals surface area contributed by atoms with Gasteiger partial charge in [-0.2, -0.15) is 0 Å². The normalized spacial score (nSPS) is 29.4. The van der Waals surface area contributed by atoms with E-state index in [1.54, 1.807) is 0 Å². The smallest absolute Gasteiger partial charge is 0.0525 e. The maximum Gasteiger partial charge on any atom is 0.0525 e. The maximum atomic E-state index is 5.90. The molecule has 2 fully saturated rings. The van der Waals surface area contributed by atoms with Crippen LogP contribution < -0.4 is 5.73 Å². The molecule has 19 heavy (non-hydrogen) atoms. The fraction of sp³-hybridized carbons (Fsp3) is 0.529. The predicted octanol–water partition coefficient (Wildman–Crippen LogP) is 3.54. The molecule has 2 bridgehead atoms. The van der Waals surface area contributed by atoms with Gasteiger partial charge in [-0.3, -0.25) is 0 Å². The summed E-state index contributed by atoms with van der Waals surface area (Å²) in [5.74, 6) is 2.93. The number of nitrogens with two attached hydrogens (primary N) is 1. The third-order valence-electron chi connectivity index (χ3n) is 5.41. The summed E-state index contributed by atoms with van der Waals surface area (Å²) >= 11 is 0. The number of rotatable bonds is 3. The van der Waals surface area contributed by atoms with Gasteiger partial charge in [-0.05, 0) is 54.0 Å². The lowest BCUT2D eigenvalue weighted by atomic mass is 9.89. The van der Waals surface area contributed by atoms with E-state index >= 15 is 0 Å². The van der Waals surface area contributed by atoms with Crippen LogP contribution in [0.5, 0.6) is 0 Å². The quantitative estimate of drug-likeness (QED) is 0.892. The van der Waals surface area contributed by atoms with Gasteiger partial charge >= 0.3 is 0 Å². The van der Waals surface area contributed by atoms with Crippen LogP contribution in [0.1, 0.15) is 31.2 Å². The number of benzene rings is 1. The molecule has 1 aromatic heterocycles. The highest BCUT2D eigenvalue weighted by molar-refractivity contribution is 5.83. The lowest BCUT2D eigenvalue weighted by molar-refractivity contribution is 0.299. The van der Waals surface area contributed by atoms with Gasteiger partial charge in [0.1, 0.15) is 0 Å². The average molecular weight is 254 g/mol. The molecule has 2 aromatic rings. The molecular weight excluding hydrogens is 232 g/mol. The molecule has 1 heterocycles. The molecule has 4 rings (SSSR count). The molecule has 0 amide bonds. The van der Waals surface area contributed by atoms with Crippen LogP contribution in [0.15, 0.2) is 30.5 Å².